The summed E-state index contributed by atoms with van der Waals surface area (Å²) in [5, 5.41) is 27.8. The Morgan fingerprint density at radius 1 is 0.800 bits per heavy atom. The van der Waals surface area contributed by atoms with Gasteiger partial charge in [-0.25, -0.2) is 0 Å². The van der Waals surface area contributed by atoms with Crippen molar-refractivity contribution in [1.82, 2.24) is 0 Å². The Morgan fingerprint density at radius 3 is 2.08 bits per heavy atom. The van der Waals surface area contributed by atoms with Gasteiger partial charge >= 0.3 is 14.8 Å². The number of hydrogen-bond donors (Lipinski definition) is 3. The lowest BCUT2D eigenvalue weighted by Crippen LogP contribution is -2.29. The van der Waals surface area contributed by atoms with E-state index in [1.165, 1.54) is 0 Å². The fourth-order valence-electron chi connectivity index (χ4n) is 3.02. The van der Waals surface area contributed by atoms with Gasteiger partial charge in [-0.05, 0) is 40.9 Å². The summed E-state index contributed by atoms with van der Waals surface area (Å²) in [7, 11) is -0.919. The third-order valence-electron chi connectivity index (χ3n) is 4.17. The highest BCUT2D eigenvalue weighted by molar-refractivity contribution is 6.58. The molecule has 0 saturated carbocycles. The van der Waals surface area contributed by atoms with Gasteiger partial charge in [0, 0.05) is 11.1 Å². The van der Waals surface area contributed by atoms with Gasteiger partial charge in [0.15, 0.2) is 0 Å². The van der Waals surface area contributed by atoms with Crippen LogP contribution in [0.25, 0.3) is 22.3 Å². The Kier molecular flexibility index (Phi) is 3.97. The zero-order valence-corrected chi connectivity index (χ0v) is 13.1. The highest BCUT2D eigenvalue weighted by Gasteiger charge is 2.23. The minimum atomic E-state index is -1.55. The van der Waals surface area contributed by atoms with E-state index in [1.54, 1.807) is 36.4 Å². The molecule has 0 aromatic heterocycles. The Bertz CT molecular complexity index is 942. The number of hydrogen-bond acceptors (Lipinski definition) is 5. The first-order valence-corrected chi connectivity index (χ1v) is 7.71. The van der Waals surface area contributed by atoms with Crippen molar-refractivity contribution in [2.45, 2.75) is 0 Å². The van der Waals surface area contributed by atoms with Gasteiger partial charge in [0.05, 0.1) is 0 Å². The summed E-state index contributed by atoms with van der Waals surface area (Å²) in [6, 6.07) is 18.1. The normalized spacial score (nSPS) is 11.3. The SMILES string of the molecule is O[B]Oc1ccc2c(c1)-c1ccccc1-c1cc(B(O)O)ccc1O2. The van der Waals surface area contributed by atoms with Gasteiger partial charge in [0.1, 0.15) is 17.2 Å². The lowest BCUT2D eigenvalue weighted by molar-refractivity contribution is 0.425. The Labute approximate surface area is 145 Å². The van der Waals surface area contributed by atoms with Crippen LogP contribution in [0.5, 0.6) is 17.2 Å². The molecule has 3 aromatic rings. The molecule has 1 aliphatic rings. The molecule has 0 spiro atoms. The van der Waals surface area contributed by atoms with Crippen LogP contribution in [-0.2, 0) is 0 Å². The molecule has 3 aromatic carbocycles. The molecule has 0 unspecified atom stereocenters. The van der Waals surface area contributed by atoms with Crippen molar-refractivity contribution < 1.29 is 24.5 Å². The Morgan fingerprint density at radius 2 is 1.44 bits per heavy atom. The molecular formula is C18H13B2O5. The van der Waals surface area contributed by atoms with Crippen LogP contribution in [-0.4, -0.2) is 29.9 Å². The summed E-state index contributed by atoms with van der Waals surface area (Å²) in [4.78, 5) is 0. The molecule has 4 rings (SSSR count). The zero-order chi connectivity index (χ0) is 17.4. The van der Waals surface area contributed by atoms with Crippen LogP contribution in [0, 0.1) is 0 Å². The number of ether oxygens (including phenoxy) is 1. The third kappa shape index (κ3) is 2.78. The van der Waals surface area contributed by atoms with E-state index < -0.39 is 7.12 Å². The predicted molar refractivity (Wildman–Crippen MR) is 95.8 cm³/mol. The minimum Gasteiger partial charge on any atom is -0.537 e. The van der Waals surface area contributed by atoms with Gasteiger partial charge in [0.2, 0.25) is 0 Å². The molecule has 25 heavy (non-hydrogen) atoms. The van der Waals surface area contributed by atoms with Crippen molar-refractivity contribution in [3.8, 4) is 39.5 Å². The van der Waals surface area contributed by atoms with Gasteiger partial charge in [0.25, 0.3) is 0 Å². The van der Waals surface area contributed by atoms with Crippen LogP contribution < -0.4 is 14.9 Å². The maximum absolute atomic E-state index is 9.48. The second-order valence-corrected chi connectivity index (χ2v) is 5.66. The van der Waals surface area contributed by atoms with E-state index in [9.17, 15) is 10.0 Å². The maximum atomic E-state index is 9.48. The molecule has 1 heterocycles. The second-order valence-electron chi connectivity index (χ2n) is 5.66. The summed E-state index contributed by atoms with van der Waals surface area (Å²) >= 11 is 0. The lowest BCUT2D eigenvalue weighted by Gasteiger charge is -2.11. The summed E-state index contributed by atoms with van der Waals surface area (Å²) in [5.41, 5.74) is 3.81. The van der Waals surface area contributed by atoms with E-state index in [2.05, 4.69) is 0 Å². The van der Waals surface area contributed by atoms with Gasteiger partial charge in [-0.3, -0.25) is 0 Å². The molecule has 0 atom stereocenters. The number of benzene rings is 3. The minimum absolute atomic E-state index is 0.391. The fourth-order valence-corrected chi connectivity index (χ4v) is 3.02. The monoisotopic (exact) mass is 331 g/mol. The molecule has 1 radical (unpaired) electrons. The summed E-state index contributed by atoms with van der Waals surface area (Å²) in [5.74, 6) is 1.75. The smallest absolute Gasteiger partial charge is 0.537 e. The quantitative estimate of drug-likeness (QED) is 0.498. The fraction of sp³-hybridized carbons (Fsp3) is 0. The zero-order valence-electron chi connectivity index (χ0n) is 13.1. The van der Waals surface area contributed by atoms with Crippen molar-refractivity contribution in [3.63, 3.8) is 0 Å². The molecule has 0 aliphatic carbocycles. The van der Waals surface area contributed by atoms with Crippen LogP contribution in [0.2, 0.25) is 0 Å². The molecule has 0 bridgehead atoms. The van der Waals surface area contributed by atoms with Crippen molar-refractivity contribution in [1.29, 1.82) is 0 Å². The highest BCUT2D eigenvalue weighted by Crippen LogP contribution is 2.47. The van der Waals surface area contributed by atoms with E-state index in [-0.39, 0.29) is 0 Å². The van der Waals surface area contributed by atoms with Crippen molar-refractivity contribution in [2.75, 3.05) is 0 Å². The van der Waals surface area contributed by atoms with Gasteiger partial charge < -0.3 is 24.5 Å². The Hall–Kier alpha value is -2.73. The van der Waals surface area contributed by atoms with Gasteiger partial charge in [-0.2, -0.15) is 0 Å². The van der Waals surface area contributed by atoms with Crippen LogP contribution in [0.4, 0.5) is 0 Å². The summed E-state index contributed by atoms with van der Waals surface area (Å²) in [6.45, 7) is 0. The van der Waals surface area contributed by atoms with Crippen LogP contribution in [0.3, 0.4) is 0 Å². The van der Waals surface area contributed by atoms with E-state index in [4.69, 9.17) is 14.4 Å². The van der Waals surface area contributed by atoms with Gasteiger partial charge in [-0.15, -0.1) is 0 Å². The molecule has 0 amide bonds. The first kappa shape index (κ1) is 15.8. The molecule has 121 valence electrons. The Balaban J connectivity index is 1.97. The number of rotatable bonds is 3. The highest BCUT2D eigenvalue weighted by atomic mass is 16.5. The topological polar surface area (TPSA) is 79.2 Å². The average molecular weight is 331 g/mol. The molecule has 1 aliphatic heterocycles. The van der Waals surface area contributed by atoms with Crippen LogP contribution in [0.1, 0.15) is 0 Å². The molecular weight excluding hydrogens is 318 g/mol. The van der Waals surface area contributed by atoms with Crippen molar-refractivity contribution >= 4 is 20.3 Å². The van der Waals surface area contributed by atoms with Gasteiger partial charge in [-0.1, -0.05) is 36.4 Å². The molecule has 0 saturated heterocycles. The average Bonchev–Trinajstić information content (AvgIpc) is 2.76. The van der Waals surface area contributed by atoms with E-state index in [0.29, 0.717) is 30.4 Å². The molecule has 7 heteroatoms. The van der Waals surface area contributed by atoms with Crippen LogP contribution >= 0.6 is 0 Å². The van der Waals surface area contributed by atoms with E-state index in [0.717, 1.165) is 22.3 Å². The first-order valence-electron chi connectivity index (χ1n) is 7.71. The van der Waals surface area contributed by atoms with Crippen molar-refractivity contribution in [3.05, 3.63) is 60.7 Å². The second kappa shape index (κ2) is 6.29. The molecule has 5 nitrogen and oxygen atoms in total. The lowest BCUT2D eigenvalue weighted by atomic mass is 9.78. The largest absolute Gasteiger partial charge is 0.569 e. The summed E-state index contributed by atoms with van der Waals surface area (Å²) in [6.07, 6.45) is 0. The molecule has 3 N–H and O–H groups in total. The molecule has 0 fully saturated rings. The third-order valence-corrected chi connectivity index (χ3v) is 4.17. The first-order chi connectivity index (χ1) is 12.2. The van der Waals surface area contributed by atoms with E-state index >= 15 is 0 Å². The maximum Gasteiger partial charge on any atom is 0.569 e. The van der Waals surface area contributed by atoms with Crippen molar-refractivity contribution in [2.24, 2.45) is 0 Å². The summed E-state index contributed by atoms with van der Waals surface area (Å²) < 4.78 is 11.1. The number of fused-ring (bicyclic) bond motifs is 5. The van der Waals surface area contributed by atoms with Crippen LogP contribution in [0.15, 0.2) is 60.7 Å². The van der Waals surface area contributed by atoms with E-state index in [1.807, 2.05) is 24.3 Å². The standard InChI is InChI=1S/C18H13B2O5/c21-19-25-12-6-8-18-16(10-12)14-4-2-1-3-13(14)15-9-11(20(22)23)5-7-17(15)24-18/h1-10,21-23H. The predicted octanol–water partition coefficient (Wildman–Crippen LogP) is 1.71.